The Kier molecular flexibility index (Phi) is 7.87. The van der Waals surface area contributed by atoms with Crippen LogP contribution in [0.4, 0.5) is 4.79 Å². The molecule has 0 aromatic rings. The first-order valence-corrected chi connectivity index (χ1v) is 6.61. The molecule has 0 aliphatic heterocycles. The van der Waals surface area contributed by atoms with Gasteiger partial charge in [-0.2, -0.15) is 0 Å². The first-order chi connectivity index (χ1) is 8.76. The molecule has 0 fully saturated rings. The minimum Gasteiger partial charge on any atom is -0.444 e. The second-order valence-electron chi connectivity index (χ2n) is 5.32. The molecule has 0 bridgehead atoms. The summed E-state index contributed by atoms with van der Waals surface area (Å²) in [6.07, 6.45) is 5.55. The summed E-state index contributed by atoms with van der Waals surface area (Å²) in [4.78, 5) is 23.0. The maximum atomic E-state index is 11.5. The number of alkyl carbamates (subject to hydrolysis) is 1. The van der Waals surface area contributed by atoms with Crippen molar-refractivity contribution in [1.29, 1.82) is 0 Å². The van der Waals surface area contributed by atoms with Crippen molar-refractivity contribution in [2.24, 2.45) is 0 Å². The van der Waals surface area contributed by atoms with E-state index in [1.165, 1.54) is 6.26 Å². The maximum Gasteiger partial charge on any atom is 0.408 e. The van der Waals surface area contributed by atoms with Gasteiger partial charge in [0.2, 0.25) is 0 Å². The lowest BCUT2D eigenvalue weighted by Gasteiger charge is -2.21. The van der Waals surface area contributed by atoms with Crippen molar-refractivity contribution in [2.45, 2.75) is 65.5 Å². The van der Waals surface area contributed by atoms with Crippen molar-refractivity contribution >= 4 is 12.1 Å². The van der Waals surface area contributed by atoms with Gasteiger partial charge in [-0.05, 0) is 46.6 Å². The summed E-state index contributed by atoms with van der Waals surface area (Å²) in [6.45, 7) is 8.91. The molecule has 0 saturated heterocycles. The number of carbonyl (C=O) groups excluding carboxylic acids is 2. The second-order valence-corrected chi connectivity index (χ2v) is 5.32. The van der Waals surface area contributed by atoms with Crippen LogP contribution in [0, 0.1) is 0 Å². The van der Waals surface area contributed by atoms with E-state index in [2.05, 4.69) is 12.2 Å². The lowest BCUT2D eigenvalue weighted by Crippen LogP contribution is -2.42. The number of hydrogen-bond acceptors (Lipinski definition) is 4. The van der Waals surface area contributed by atoms with Gasteiger partial charge in [-0.25, -0.2) is 9.59 Å². The van der Waals surface area contributed by atoms with E-state index in [0.29, 0.717) is 0 Å². The van der Waals surface area contributed by atoms with Crippen LogP contribution in [0.2, 0.25) is 0 Å². The lowest BCUT2D eigenvalue weighted by atomic mass is 10.2. The van der Waals surface area contributed by atoms with Crippen molar-refractivity contribution in [3.63, 3.8) is 0 Å². The third-order valence-corrected chi connectivity index (χ3v) is 2.09. The van der Waals surface area contributed by atoms with Gasteiger partial charge >= 0.3 is 12.1 Å². The zero-order valence-corrected chi connectivity index (χ0v) is 12.5. The van der Waals surface area contributed by atoms with Crippen LogP contribution in [0.15, 0.2) is 12.3 Å². The number of unbranched alkanes of at least 4 members (excludes halogenated alkanes) is 2. The van der Waals surface area contributed by atoms with E-state index in [-0.39, 0.29) is 0 Å². The molecule has 1 atom stereocenters. The van der Waals surface area contributed by atoms with E-state index in [1.807, 2.05) is 0 Å². The highest BCUT2D eigenvalue weighted by molar-refractivity contribution is 5.81. The first-order valence-electron chi connectivity index (χ1n) is 6.61. The number of amides is 1. The molecule has 0 rings (SSSR count). The van der Waals surface area contributed by atoms with Crippen LogP contribution < -0.4 is 5.32 Å². The molecule has 5 heteroatoms. The number of nitrogens with one attached hydrogen (secondary N) is 1. The van der Waals surface area contributed by atoms with Crippen molar-refractivity contribution in [3.8, 4) is 0 Å². The average molecular weight is 271 g/mol. The average Bonchev–Trinajstić information content (AvgIpc) is 2.25. The third kappa shape index (κ3) is 10.1. The van der Waals surface area contributed by atoms with Gasteiger partial charge in [0.25, 0.3) is 0 Å². The van der Waals surface area contributed by atoms with Gasteiger partial charge in [0.15, 0.2) is 0 Å². The molecule has 0 aromatic carbocycles. The summed E-state index contributed by atoms with van der Waals surface area (Å²) in [5.41, 5.74) is -0.590. The third-order valence-electron chi connectivity index (χ3n) is 2.09. The number of hydrogen-bond donors (Lipinski definition) is 1. The lowest BCUT2D eigenvalue weighted by molar-refractivity contribution is -0.140. The van der Waals surface area contributed by atoms with Gasteiger partial charge in [-0.3, -0.25) is 0 Å². The molecule has 1 N–H and O–H groups in total. The molecule has 0 radical (unpaired) electrons. The zero-order valence-electron chi connectivity index (χ0n) is 12.5. The quantitative estimate of drug-likeness (QED) is 0.458. The molecule has 0 aliphatic carbocycles. The predicted octanol–water partition coefficient (Wildman–Crippen LogP) is 3.15. The normalized spacial score (nSPS) is 13.1. The van der Waals surface area contributed by atoms with Crippen LogP contribution >= 0.6 is 0 Å². The van der Waals surface area contributed by atoms with Crippen molar-refractivity contribution in [1.82, 2.24) is 5.32 Å². The Balaban J connectivity index is 4.00. The summed E-state index contributed by atoms with van der Waals surface area (Å²) in [6, 6.07) is -0.745. The standard InChI is InChI=1S/C14H25NO4/c1-6-7-8-9-10-18-12(16)11(2)15-13(17)19-14(3,4)5/h9-11H,6-8H2,1-5H3,(H,15,17)/b10-9-/t11-/m0/s1. The maximum absolute atomic E-state index is 11.5. The van der Waals surface area contributed by atoms with Gasteiger partial charge in [-0.1, -0.05) is 13.3 Å². The summed E-state index contributed by atoms with van der Waals surface area (Å²) >= 11 is 0. The largest absolute Gasteiger partial charge is 0.444 e. The molecule has 0 aliphatic rings. The fraction of sp³-hybridized carbons (Fsp3) is 0.714. The predicted molar refractivity (Wildman–Crippen MR) is 73.6 cm³/mol. The van der Waals surface area contributed by atoms with Crippen LogP contribution in [-0.2, 0) is 14.3 Å². The number of carbonyl (C=O) groups is 2. The number of allylic oxidation sites excluding steroid dienone is 1. The monoisotopic (exact) mass is 271 g/mol. The van der Waals surface area contributed by atoms with E-state index < -0.39 is 23.7 Å². The Bertz CT molecular complexity index is 318. The summed E-state index contributed by atoms with van der Waals surface area (Å²) in [5.74, 6) is -0.515. The molecule has 0 heterocycles. The topological polar surface area (TPSA) is 64.6 Å². The Morgan fingerprint density at radius 3 is 2.47 bits per heavy atom. The molecule has 5 nitrogen and oxygen atoms in total. The summed E-state index contributed by atoms with van der Waals surface area (Å²) in [5, 5.41) is 2.42. The van der Waals surface area contributed by atoms with Gasteiger partial charge < -0.3 is 14.8 Å². The Morgan fingerprint density at radius 2 is 1.95 bits per heavy atom. The van der Waals surface area contributed by atoms with Crippen LogP contribution in [0.25, 0.3) is 0 Å². The Morgan fingerprint density at radius 1 is 1.32 bits per heavy atom. The second kappa shape index (κ2) is 8.56. The highest BCUT2D eigenvalue weighted by atomic mass is 16.6. The fourth-order valence-electron chi connectivity index (χ4n) is 1.15. The minimum atomic E-state index is -0.745. The fourth-order valence-corrected chi connectivity index (χ4v) is 1.15. The highest BCUT2D eigenvalue weighted by Gasteiger charge is 2.21. The first kappa shape index (κ1) is 17.5. The van der Waals surface area contributed by atoms with Gasteiger partial charge in [0.1, 0.15) is 11.6 Å². The number of rotatable bonds is 6. The highest BCUT2D eigenvalue weighted by Crippen LogP contribution is 2.06. The molecule has 0 spiro atoms. The summed E-state index contributed by atoms with van der Waals surface area (Å²) < 4.78 is 9.93. The molecule has 1 amide bonds. The van der Waals surface area contributed by atoms with Crippen LogP contribution in [0.3, 0.4) is 0 Å². The van der Waals surface area contributed by atoms with Crippen molar-refractivity contribution < 1.29 is 19.1 Å². The minimum absolute atomic E-state index is 0.515. The van der Waals surface area contributed by atoms with Crippen LogP contribution in [0.1, 0.15) is 53.9 Å². The smallest absolute Gasteiger partial charge is 0.408 e. The zero-order chi connectivity index (χ0) is 14.9. The molecule has 110 valence electrons. The molecule has 0 unspecified atom stereocenters. The van der Waals surface area contributed by atoms with Crippen LogP contribution in [-0.4, -0.2) is 23.7 Å². The molecule has 0 aromatic heterocycles. The Hall–Kier alpha value is -1.52. The number of ether oxygens (including phenoxy) is 2. The summed E-state index contributed by atoms with van der Waals surface area (Å²) in [7, 11) is 0. The van der Waals surface area contributed by atoms with Crippen molar-refractivity contribution in [3.05, 3.63) is 12.3 Å². The van der Waals surface area contributed by atoms with E-state index in [4.69, 9.17) is 9.47 Å². The van der Waals surface area contributed by atoms with Gasteiger partial charge in [0, 0.05) is 0 Å². The molecular formula is C14H25NO4. The van der Waals surface area contributed by atoms with Crippen molar-refractivity contribution in [2.75, 3.05) is 0 Å². The van der Waals surface area contributed by atoms with E-state index in [0.717, 1.165) is 19.3 Å². The van der Waals surface area contributed by atoms with Gasteiger partial charge in [-0.15, -0.1) is 0 Å². The molecule has 0 saturated carbocycles. The van der Waals surface area contributed by atoms with E-state index >= 15 is 0 Å². The molecule has 19 heavy (non-hydrogen) atoms. The van der Waals surface area contributed by atoms with E-state index in [1.54, 1.807) is 33.8 Å². The Labute approximate surface area is 115 Å². The number of esters is 1. The van der Waals surface area contributed by atoms with E-state index in [9.17, 15) is 9.59 Å². The molecular weight excluding hydrogens is 246 g/mol. The van der Waals surface area contributed by atoms with Crippen LogP contribution in [0.5, 0.6) is 0 Å². The van der Waals surface area contributed by atoms with Gasteiger partial charge in [0.05, 0.1) is 6.26 Å². The SMILES string of the molecule is CCCC/C=C\OC(=O)[C@H](C)NC(=O)OC(C)(C)C.